The average Bonchev–Trinajstić information content (AvgIpc) is 2.72. The van der Waals surface area contributed by atoms with Gasteiger partial charge in [-0.3, -0.25) is 14.4 Å². The normalized spacial score (nSPS) is 14.2. The van der Waals surface area contributed by atoms with Crippen molar-refractivity contribution in [2.45, 2.75) is 76.2 Å². The number of hydrogen-bond donors (Lipinski definition) is 1. The van der Waals surface area contributed by atoms with E-state index >= 15 is 0 Å². The minimum absolute atomic E-state index is 0. The smallest absolute Gasteiger partial charge is 0.306 e. The zero-order valence-electron chi connectivity index (χ0n) is 18.1. The van der Waals surface area contributed by atoms with Gasteiger partial charge in [-0.15, -0.1) is 0 Å². The van der Waals surface area contributed by atoms with Crippen LogP contribution in [0.3, 0.4) is 0 Å². The molecule has 0 fully saturated rings. The number of carbonyl (C=O) groups is 3. The first-order chi connectivity index (χ1) is 13.5. The van der Waals surface area contributed by atoms with Gasteiger partial charge in [0.15, 0.2) is 0 Å². The molecule has 0 aromatic heterocycles. The summed E-state index contributed by atoms with van der Waals surface area (Å²) in [5.74, 6) is -2.21. The molecule has 0 saturated heterocycles. The molecule has 1 unspecified atom stereocenters. The SMILES string of the molecule is CCCCC(CC)C(=O)O.C[CH2][Al]([CH2]C)[CH2]C.O=C1C(Cl)=C(Cl)C(=O)C(Cl)=C1Cl.[Ni]. The number of carboxylic acid groups (broad SMARTS) is 1. The zero-order chi connectivity index (χ0) is 23.1. The molecule has 1 aliphatic rings. The number of unbranched alkanes of at least 4 members (excludes halogenated alkanes) is 1. The predicted octanol–water partition coefficient (Wildman–Crippen LogP) is 7.34. The maximum atomic E-state index is 11.0. The molecular formula is C20H31AlCl4NiO4. The summed E-state index contributed by atoms with van der Waals surface area (Å²) >= 11 is 21.3. The molecule has 0 heterocycles. The molecule has 0 radical (unpaired) electrons. The van der Waals surface area contributed by atoms with Gasteiger partial charge in [-0.25, -0.2) is 0 Å². The number of Topliss-reactive ketones (excluding diaryl/α,β-unsaturated/α-hetero) is 2. The fourth-order valence-electron chi connectivity index (χ4n) is 2.41. The zero-order valence-corrected chi connectivity index (χ0v) is 23.3. The molecule has 0 saturated carbocycles. The predicted molar refractivity (Wildman–Crippen MR) is 126 cm³/mol. The largest absolute Gasteiger partial charge is 0.481 e. The molecule has 1 atom stereocenters. The average molecular weight is 563 g/mol. The third kappa shape index (κ3) is 13.1. The molecule has 1 rings (SSSR count). The fraction of sp³-hybridized carbons (Fsp3) is 0.650. The summed E-state index contributed by atoms with van der Waals surface area (Å²) in [6.45, 7) is 11.0. The molecule has 0 bridgehead atoms. The molecule has 0 amide bonds. The Hall–Kier alpha value is 0.476. The van der Waals surface area contributed by atoms with Crippen LogP contribution < -0.4 is 0 Å². The van der Waals surface area contributed by atoms with Crippen LogP contribution in [-0.4, -0.2) is 36.8 Å². The Morgan fingerprint density at radius 1 is 0.833 bits per heavy atom. The third-order valence-corrected chi connectivity index (χ3v) is 9.76. The van der Waals surface area contributed by atoms with Crippen LogP contribution in [0.25, 0.3) is 0 Å². The summed E-state index contributed by atoms with van der Waals surface area (Å²) in [5, 5.41) is 11.5. The van der Waals surface area contributed by atoms with Gasteiger partial charge in [-0.05, 0) is 12.8 Å². The Labute approximate surface area is 215 Å². The summed E-state index contributed by atoms with van der Waals surface area (Å²) in [5.41, 5.74) is 0. The van der Waals surface area contributed by atoms with Crippen LogP contribution >= 0.6 is 46.4 Å². The van der Waals surface area contributed by atoms with E-state index in [2.05, 4.69) is 27.7 Å². The Bertz CT molecular complexity index is 552. The maximum Gasteiger partial charge on any atom is 0.306 e. The number of carbonyl (C=O) groups excluding carboxylic acids is 2. The van der Waals surface area contributed by atoms with Gasteiger partial charge >= 0.3 is 5.97 Å². The summed E-state index contributed by atoms with van der Waals surface area (Å²) in [6.07, 6.45) is 3.71. The number of aliphatic carboxylic acids is 1. The molecule has 0 spiro atoms. The Morgan fingerprint density at radius 2 is 1.17 bits per heavy atom. The van der Waals surface area contributed by atoms with Gasteiger partial charge in [0, 0.05) is 16.5 Å². The maximum absolute atomic E-state index is 11.0. The molecule has 1 N–H and O–H groups in total. The van der Waals surface area contributed by atoms with Crippen LogP contribution in [0.5, 0.6) is 0 Å². The molecular weight excluding hydrogens is 532 g/mol. The first kappa shape index (κ1) is 35.1. The van der Waals surface area contributed by atoms with Gasteiger partial charge in [0.1, 0.15) is 20.1 Å². The van der Waals surface area contributed by atoms with Crippen LogP contribution in [0.1, 0.15) is 60.3 Å². The van der Waals surface area contributed by atoms with E-state index in [0.29, 0.717) is 0 Å². The molecule has 30 heavy (non-hydrogen) atoms. The molecule has 10 heteroatoms. The fourth-order valence-corrected chi connectivity index (χ4v) is 4.96. The van der Waals surface area contributed by atoms with E-state index in [1.54, 1.807) is 0 Å². The number of halogens is 4. The first-order valence-corrected chi connectivity index (χ1v) is 13.9. The number of carboxylic acids is 1. The molecule has 4 nitrogen and oxygen atoms in total. The van der Waals surface area contributed by atoms with Gasteiger partial charge in [-0.2, -0.15) is 0 Å². The molecule has 1 aliphatic carbocycles. The van der Waals surface area contributed by atoms with Crippen LogP contribution in [0.2, 0.25) is 15.8 Å². The molecule has 176 valence electrons. The van der Waals surface area contributed by atoms with Gasteiger partial charge in [-0.1, -0.05) is 110 Å². The van der Waals surface area contributed by atoms with Crippen molar-refractivity contribution in [2.24, 2.45) is 5.92 Å². The summed E-state index contributed by atoms with van der Waals surface area (Å²) in [7, 11) is 0. The first-order valence-electron chi connectivity index (χ1n) is 9.96. The van der Waals surface area contributed by atoms with Crippen molar-refractivity contribution in [1.29, 1.82) is 0 Å². The van der Waals surface area contributed by atoms with E-state index in [1.807, 2.05) is 6.92 Å². The Kier molecular flexibility index (Phi) is 23.5. The van der Waals surface area contributed by atoms with Gasteiger partial charge in [0.2, 0.25) is 11.6 Å². The monoisotopic (exact) mass is 560 g/mol. The quantitative estimate of drug-likeness (QED) is 0.248. The molecule has 0 aromatic rings. The van der Waals surface area contributed by atoms with Crippen LogP contribution in [0.4, 0.5) is 0 Å². The minimum Gasteiger partial charge on any atom is -0.481 e. The number of ketones is 2. The topological polar surface area (TPSA) is 71.4 Å². The Morgan fingerprint density at radius 3 is 1.33 bits per heavy atom. The summed E-state index contributed by atoms with van der Waals surface area (Å²) in [4.78, 5) is 32.4. The molecule has 0 aromatic carbocycles. The van der Waals surface area contributed by atoms with Crippen molar-refractivity contribution in [2.75, 3.05) is 0 Å². The van der Waals surface area contributed by atoms with Crippen molar-refractivity contribution in [3.05, 3.63) is 20.1 Å². The van der Waals surface area contributed by atoms with Crippen molar-refractivity contribution in [1.82, 2.24) is 0 Å². The van der Waals surface area contributed by atoms with E-state index in [-0.39, 0.29) is 36.6 Å². The van der Waals surface area contributed by atoms with Gasteiger partial charge in [0.25, 0.3) is 14.1 Å². The Balaban J connectivity index is -0.000000372. The van der Waals surface area contributed by atoms with Crippen molar-refractivity contribution in [3.8, 4) is 0 Å². The second kappa shape index (κ2) is 20.1. The summed E-state index contributed by atoms with van der Waals surface area (Å²) < 4.78 is 0. The van der Waals surface area contributed by atoms with E-state index in [4.69, 9.17) is 51.5 Å². The van der Waals surface area contributed by atoms with Crippen LogP contribution in [0, 0.1) is 5.92 Å². The second-order valence-electron chi connectivity index (χ2n) is 6.59. The van der Waals surface area contributed by atoms with E-state index < -0.39 is 37.7 Å². The number of allylic oxidation sites excluding steroid dienone is 4. The third-order valence-electron chi connectivity index (χ3n) is 4.66. The van der Waals surface area contributed by atoms with E-state index in [0.717, 1.165) is 25.7 Å². The van der Waals surface area contributed by atoms with Gasteiger partial charge < -0.3 is 5.11 Å². The number of rotatable bonds is 8. The second-order valence-corrected chi connectivity index (χ2v) is 12.3. The summed E-state index contributed by atoms with van der Waals surface area (Å²) in [6, 6.07) is 0. The van der Waals surface area contributed by atoms with Gasteiger partial charge in [0.05, 0.1) is 5.92 Å². The van der Waals surface area contributed by atoms with E-state index in [9.17, 15) is 14.4 Å². The standard InChI is InChI=1S/C8H16O2.C6Cl4O2.3C2H5.Al.Ni/c1-3-5-6-7(4-2)8(9)10;7-1-2(8)6(12)4(10)3(9)5(1)11;3*1-2;;/h7H,3-6H2,1-2H3,(H,9,10);;3*1H2,2H3;;. The molecule has 0 aliphatic heterocycles. The number of hydrogen-bond acceptors (Lipinski definition) is 3. The van der Waals surface area contributed by atoms with E-state index in [1.165, 1.54) is 15.8 Å². The van der Waals surface area contributed by atoms with Crippen molar-refractivity contribution in [3.63, 3.8) is 0 Å². The van der Waals surface area contributed by atoms with Crippen LogP contribution in [0.15, 0.2) is 20.1 Å². The van der Waals surface area contributed by atoms with Crippen molar-refractivity contribution >= 4 is 78.1 Å². The van der Waals surface area contributed by atoms with Crippen molar-refractivity contribution < 1.29 is 36.0 Å². The minimum atomic E-state index is -0.729. The van der Waals surface area contributed by atoms with Crippen LogP contribution in [-0.2, 0) is 30.9 Å².